The lowest BCUT2D eigenvalue weighted by molar-refractivity contribution is 0.146. The average Bonchev–Trinajstić information content (AvgIpc) is 2.78. The highest BCUT2D eigenvalue weighted by Gasteiger charge is 2.12. The number of thiazole rings is 1. The summed E-state index contributed by atoms with van der Waals surface area (Å²) < 4.78 is 10.6. The molecule has 0 aliphatic rings. The molecule has 1 atom stereocenters. The first-order chi connectivity index (χ1) is 10.1. The van der Waals surface area contributed by atoms with E-state index in [1.54, 1.807) is 18.4 Å². The topological polar surface area (TPSA) is 43.4 Å². The van der Waals surface area contributed by atoms with Crippen molar-refractivity contribution in [2.24, 2.45) is 0 Å². The molecule has 114 valence electrons. The van der Waals surface area contributed by atoms with Crippen molar-refractivity contribution < 1.29 is 9.47 Å². The fourth-order valence-electron chi connectivity index (χ4n) is 2.18. The minimum atomic E-state index is 0.227. The van der Waals surface area contributed by atoms with Gasteiger partial charge in [-0.05, 0) is 32.9 Å². The van der Waals surface area contributed by atoms with E-state index in [2.05, 4.69) is 24.1 Å². The maximum Gasteiger partial charge on any atom is 0.121 e. The Morgan fingerprint density at radius 3 is 2.76 bits per heavy atom. The van der Waals surface area contributed by atoms with Crippen molar-refractivity contribution in [2.45, 2.75) is 26.8 Å². The molecule has 0 aliphatic carbocycles. The highest BCUT2D eigenvalue weighted by molar-refractivity contribution is 7.11. The third-order valence-corrected chi connectivity index (χ3v) is 4.36. The van der Waals surface area contributed by atoms with Crippen LogP contribution < -0.4 is 10.1 Å². The SMILES string of the molecule is COCCOc1cccc(NC(C)c2sc(C)nc2C)c1. The Balaban J connectivity index is 2.02. The summed E-state index contributed by atoms with van der Waals surface area (Å²) in [4.78, 5) is 5.76. The first kappa shape index (κ1) is 15.8. The van der Waals surface area contributed by atoms with Gasteiger partial charge in [0, 0.05) is 23.7 Å². The van der Waals surface area contributed by atoms with Gasteiger partial charge in [-0.3, -0.25) is 0 Å². The molecule has 2 aromatic rings. The van der Waals surface area contributed by atoms with Gasteiger partial charge >= 0.3 is 0 Å². The van der Waals surface area contributed by atoms with E-state index in [1.165, 1.54) is 4.88 Å². The number of anilines is 1. The Morgan fingerprint density at radius 1 is 1.29 bits per heavy atom. The van der Waals surface area contributed by atoms with Gasteiger partial charge in [-0.1, -0.05) is 6.07 Å². The standard InChI is InChI=1S/C16H22N2O2S/c1-11-16(21-13(3)17-11)12(2)18-14-6-5-7-15(10-14)20-9-8-19-4/h5-7,10,12,18H,8-9H2,1-4H3. The molecule has 0 saturated heterocycles. The molecule has 4 nitrogen and oxygen atoms in total. The molecule has 0 saturated carbocycles. The molecule has 1 N–H and O–H groups in total. The second kappa shape index (κ2) is 7.43. The Labute approximate surface area is 130 Å². The van der Waals surface area contributed by atoms with Gasteiger partial charge in [0.25, 0.3) is 0 Å². The van der Waals surface area contributed by atoms with Crippen molar-refractivity contribution in [1.29, 1.82) is 0 Å². The molecule has 5 heteroatoms. The predicted octanol–water partition coefficient (Wildman–Crippen LogP) is 3.96. The number of nitrogens with one attached hydrogen (secondary N) is 1. The molecule has 1 unspecified atom stereocenters. The fourth-order valence-corrected chi connectivity index (χ4v) is 3.11. The van der Waals surface area contributed by atoms with Crippen molar-refractivity contribution in [3.63, 3.8) is 0 Å². The van der Waals surface area contributed by atoms with Crippen LogP contribution in [0.4, 0.5) is 5.69 Å². The zero-order valence-electron chi connectivity index (χ0n) is 13.0. The lowest BCUT2D eigenvalue weighted by Crippen LogP contribution is -2.07. The zero-order valence-corrected chi connectivity index (χ0v) is 13.8. The van der Waals surface area contributed by atoms with Gasteiger partial charge in [0.05, 0.1) is 23.4 Å². The van der Waals surface area contributed by atoms with E-state index in [1.807, 2.05) is 31.2 Å². The number of aromatic nitrogens is 1. The Hall–Kier alpha value is -1.59. The molecule has 1 heterocycles. The van der Waals surface area contributed by atoms with Crippen molar-refractivity contribution >= 4 is 17.0 Å². The summed E-state index contributed by atoms with van der Waals surface area (Å²) in [6.07, 6.45) is 0. The number of hydrogen-bond acceptors (Lipinski definition) is 5. The van der Waals surface area contributed by atoms with Gasteiger partial charge in [-0.2, -0.15) is 0 Å². The molecule has 0 bridgehead atoms. The molecule has 0 radical (unpaired) electrons. The number of aryl methyl sites for hydroxylation is 2. The van der Waals surface area contributed by atoms with Crippen LogP contribution in [0.2, 0.25) is 0 Å². The van der Waals surface area contributed by atoms with E-state index in [4.69, 9.17) is 9.47 Å². The molecular formula is C16H22N2O2S. The molecule has 2 rings (SSSR count). The minimum absolute atomic E-state index is 0.227. The third kappa shape index (κ3) is 4.44. The van der Waals surface area contributed by atoms with E-state index < -0.39 is 0 Å². The summed E-state index contributed by atoms with van der Waals surface area (Å²) in [6.45, 7) is 7.40. The van der Waals surface area contributed by atoms with Crippen LogP contribution >= 0.6 is 11.3 Å². The van der Waals surface area contributed by atoms with Crippen LogP contribution in [-0.4, -0.2) is 25.3 Å². The molecule has 1 aromatic carbocycles. The van der Waals surface area contributed by atoms with Crippen molar-refractivity contribution in [3.8, 4) is 5.75 Å². The fraction of sp³-hybridized carbons (Fsp3) is 0.438. The second-order valence-corrected chi connectivity index (χ2v) is 6.15. The maximum atomic E-state index is 5.63. The molecule has 0 amide bonds. The van der Waals surface area contributed by atoms with Crippen LogP contribution in [0.1, 0.15) is 28.5 Å². The number of rotatable bonds is 7. The van der Waals surface area contributed by atoms with Crippen LogP contribution in [-0.2, 0) is 4.74 Å². The average molecular weight is 306 g/mol. The van der Waals surface area contributed by atoms with Crippen molar-refractivity contribution in [2.75, 3.05) is 25.6 Å². The Morgan fingerprint density at radius 2 is 2.10 bits per heavy atom. The highest BCUT2D eigenvalue weighted by atomic mass is 32.1. The lowest BCUT2D eigenvalue weighted by atomic mass is 10.2. The van der Waals surface area contributed by atoms with Gasteiger partial charge < -0.3 is 14.8 Å². The minimum Gasteiger partial charge on any atom is -0.491 e. The quantitative estimate of drug-likeness (QED) is 0.786. The van der Waals surface area contributed by atoms with E-state index in [0.29, 0.717) is 13.2 Å². The van der Waals surface area contributed by atoms with Gasteiger partial charge in [0.1, 0.15) is 12.4 Å². The van der Waals surface area contributed by atoms with E-state index >= 15 is 0 Å². The third-order valence-electron chi connectivity index (χ3n) is 3.11. The van der Waals surface area contributed by atoms with Crippen LogP contribution in [0.15, 0.2) is 24.3 Å². The Kier molecular flexibility index (Phi) is 5.59. The van der Waals surface area contributed by atoms with Gasteiger partial charge in [0.15, 0.2) is 0 Å². The van der Waals surface area contributed by atoms with E-state index in [9.17, 15) is 0 Å². The zero-order chi connectivity index (χ0) is 15.2. The molecule has 1 aromatic heterocycles. The van der Waals surface area contributed by atoms with Crippen molar-refractivity contribution in [1.82, 2.24) is 4.98 Å². The van der Waals surface area contributed by atoms with E-state index in [0.717, 1.165) is 22.1 Å². The summed E-state index contributed by atoms with van der Waals surface area (Å²) in [7, 11) is 1.67. The highest BCUT2D eigenvalue weighted by Crippen LogP contribution is 2.28. The molecule has 0 fully saturated rings. The van der Waals surface area contributed by atoms with Crippen molar-refractivity contribution in [3.05, 3.63) is 39.8 Å². The maximum absolute atomic E-state index is 5.63. The van der Waals surface area contributed by atoms with Gasteiger partial charge in [-0.25, -0.2) is 4.98 Å². The number of hydrogen-bond donors (Lipinski definition) is 1. The van der Waals surface area contributed by atoms with Crippen LogP contribution in [0.25, 0.3) is 0 Å². The summed E-state index contributed by atoms with van der Waals surface area (Å²) in [5, 5.41) is 4.61. The molecular weight excluding hydrogens is 284 g/mol. The summed E-state index contributed by atoms with van der Waals surface area (Å²) in [5.74, 6) is 0.849. The summed E-state index contributed by atoms with van der Waals surface area (Å²) in [6, 6.07) is 8.22. The molecule has 21 heavy (non-hydrogen) atoms. The van der Waals surface area contributed by atoms with E-state index in [-0.39, 0.29) is 6.04 Å². The van der Waals surface area contributed by atoms with Gasteiger partial charge in [-0.15, -0.1) is 11.3 Å². The number of benzene rings is 1. The summed E-state index contributed by atoms with van der Waals surface area (Å²) in [5.41, 5.74) is 2.15. The largest absolute Gasteiger partial charge is 0.491 e. The number of nitrogens with zero attached hydrogens (tertiary/aromatic N) is 1. The second-order valence-electron chi connectivity index (χ2n) is 4.92. The van der Waals surface area contributed by atoms with Crippen LogP contribution in [0.5, 0.6) is 5.75 Å². The van der Waals surface area contributed by atoms with Crippen LogP contribution in [0.3, 0.4) is 0 Å². The monoisotopic (exact) mass is 306 g/mol. The van der Waals surface area contributed by atoms with Gasteiger partial charge in [0.2, 0.25) is 0 Å². The first-order valence-electron chi connectivity index (χ1n) is 7.02. The van der Waals surface area contributed by atoms with Crippen LogP contribution in [0, 0.1) is 13.8 Å². The lowest BCUT2D eigenvalue weighted by Gasteiger charge is -2.15. The molecule has 0 spiro atoms. The normalized spacial score (nSPS) is 12.2. The number of methoxy groups -OCH3 is 1. The first-order valence-corrected chi connectivity index (χ1v) is 7.84. The molecule has 0 aliphatic heterocycles. The number of ether oxygens (including phenoxy) is 2. The predicted molar refractivity (Wildman–Crippen MR) is 87.4 cm³/mol. The summed E-state index contributed by atoms with van der Waals surface area (Å²) >= 11 is 1.74. The smallest absolute Gasteiger partial charge is 0.121 e. The Bertz CT molecular complexity index is 583.